The smallest absolute Gasteiger partial charge is 0.127 e. The second-order valence-corrected chi connectivity index (χ2v) is 5.67. The van der Waals surface area contributed by atoms with Gasteiger partial charge in [0.2, 0.25) is 0 Å². The molecule has 0 unspecified atom stereocenters. The summed E-state index contributed by atoms with van der Waals surface area (Å²) in [6.45, 7) is 3.99. The van der Waals surface area contributed by atoms with E-state index in [1.54, 1.807) is 0 Å². The number of thiol groups is 1. The first-order valence-electron chi connectivity index (χ1n) is 6.87. The Balaban J connectivity index is 2.33. The molecule has 0 fully saturated rings. The number of aromatic nitrogens is 1. The Bertz CT molecular complexity index is 836. The van der Waals surface area contributed by atoms with Gasteiger partial charge in [-0.3, -0.25) is 0 Å². The van der Waals surface area contributed by atoms with E-state index in [4.69, 9.17) is 0 Å². The van der Waals surface area contributed by atoms with E-state index < -0.39 is 0 Å². The highest BCUT2D eigenvalue weighted by atomic mass is 32.1. The van der Waals surface area contributed by atoms with E-state index in [0.717, 1.165) is 38.1 Å². The summed E-state index contributed by atoms with van der Waals surface area (Å²) < 4.78 is 0. The van der Waals surface area contributed by atoms with Crippen LogP contribution in [0, 0.1) is 6.92 Å². The van der Waals surface area contributed by atoms with Gasteiger partial charge in [0.25, 0.3) is 0 Å². The summed E-state index contributed by atoms with van der Waals surface area (Å²) >= 11 is 4.47. The average molecular weight is 299 g/mol. The van der Waals surface area contributed by atoms with Crippen LogP contribution in [-0.4, -0.2) is 15.2 Å². The number of aryl methyl sites for hydroxylation is 2. The molecular formula is C17H17NO2S. The summed E-state index contributed by atoms with van der Waals surface area (Å²) in [5, 5.41) is 21.1. The van der Waals surface area contributed by atoms with Crippen molar-refractivity contribution in [3.8, 4) is 22.6 Å². The number of hydrogen-bond acceptors (Lipinski definition) is 3. The number of phenolic OH excluding ortho intramolecular Hbond substituents is 2. The largest absolute Gasteiger partial charge is 0.508 e. The minimum Gasteiger partial charge on any atom is -0.508 e. The molecule has 0 spiro atoms. The zero-order valence-electron chi connectivity index (χ0n) is 11.9. The summed E-state index contributed by atoms with van der Waals surface area (Å²) in [5.41, 5.74) is 4.53. The summed E-state index contributed by atoms with van der Waals surface area (Å²) in [5.74, 6) is 0.208. The lowest BCUT2D eigenvalue weighted by molar-refractivity contribution is 0.447. The molecule has 0 atom stereocenters. The molecule has 0 saturated heterocycles. The lowest BCUT2D eigenvalue weighted by atomic mass is 9.97. The lowest BCUT2D eigenvalue weighted by Crippen LogP contribution is -1.87. The quantitative estimate of drug-likeness (QED) is 0.530. The molecule has 108 valence electrons. The highest BCUT2D eigenvalue weighted by Gasteiger charge is 2.15. The zero-order chi connectivity index (χ0) is 15.1. The Labute approximate surface area is 128 Å². The van der Waals surface area contributed by atoms with Crippen LogP contribution in [0.15, 0.2) is 35.4 Å². The molecule has 21 heavy (non-hydrogen) atoms. The van der Waals surface area contributed by atoms with Gasteiger partial charge in [0.1, 0.15) is 11.5 Å². The maximum Gasteiger partial charge on any atom is 0.127 e. The number of aromatic amines is 1. The molecule has 0 aliphatic heterocycles. The number of benzene rings is 2. The third kappa shape index (κ3) is 2.16. The van der Waals surface area contributed by atoms with Gasteiger partial charge in [-0.2, -0.15) is 0 Å². The number of hydrogen-bond donors (Lipinski definition) is 4. The van der Waals surface area contributed by atoms with Crippen LogP contribution in [0.4, 0.5) is 0 Å². The first kappa shape index (κ1) is 13.9. The normalized spacial score (nSPS) is 11.2. The number of fused-ring (bicyclic) bond motifs is 1. The van der Waals surface area contributed by atoms with E-state index in [9.17, 15) is 10.2 Å². The van der Waals surface area contributed by atoms with Crippen molar-refractivity contribution in [2.75, 3.05) is 0 Å². The van der Waals surface area contributed by atoms with E-state index >= 15 is 0 Å². The van der Waals surface area contributed by atoms with Gasteiger partial charge in [-0.25, -0.2) is 0 Å². The summed E-state index contributed by atoms with van der Waals surface area (Å²) in [7, 11) is 0. The maximum absolute atomic E-state index is 10.2. The first-order chi connectivity index (χ1) is 10.0. The number of phenols is 2. The number of H-pyrrole nitrogens is 1. The molecule has 1 aromatic heterocycles. The summed E-state index contributed by atoms with van der Waals surface area (Å²) in [4.78, 5) is 4.14. The molecule has 4 heteroatoms. The fourth-order valence-electron chi connectivity index (χ4n) is 2.72. The Kier molecular flexibility index (Phi) is 3.33. The lowest BCUT2D eigenvalue weighted by Gasteiger charge is -2.10. The van der Waals surface area contributed by atoms with E-state index in [-0.39, 0.29) is 11.5 Å². The highest BCUT2D eigenvalue weighted by molar-refractivity contribution is 7.80. The topological polar surface area (TPSA) is 56.2 Å². The van der Waals surface area contributed by atoms with Crippen LogP contribution >= 0.6 is 12.6 Å². The molecule has 1 heterocycles. The monoisotopic (exact) mass is 299 g/mol. The van der Waals surface area contributed by atoms with Crippen LogP contribution < -0.4 is 0 Å². The third-order valence-corrected chi connectivity index (χ3v) is 4.43. The van der Waals surface area contributed by atoms with Gasteiger partial charge in [0.05, 0.1) is 0 Å². The van der Waals surface area contributed by atoms with Crippen molar-refractivity contribution < 1.29 is 10.2 Å². The standard InChI is InChI=1S/C17H17NO2S/c1-3-10-6-11(15(20)7-14(10)19)12-8-18-13-4-5-16(21)9(2)17(12)13/h4-8,18-21H,3H2,1-2H3. The van der Waals surface area contributed by atoms with Gasteiger partial charge in [-0.05, 0) is 42.7 Å². The number of nitrogens with one attached hydrogen (secondary N) is 1. The van der Waals surface area contributed by atoms with E-state index in [0.29, 0.717) is 6.42 Å². The van der Waals surface area contributed by atoms with Crippen molar-refractivity contribution in [3.05, 3.63) is 41.6 Å². The third-order valence-electron chi connectivity index (χ3n) is 3.95. The van der Waals surface area contributed by atoms with Gasteiger partial charge in [-0.15, -0.1) is 12.6 Å². The van der Waals surface area contributed by atoms with Crippen molar-refractivity contribution in [2.45, 2.75) is 25.2 Å². The molecular weight excluding hydrogens is 282 g/mol. The van der Waals surface area contributed by atoms with E-state index in [2.05, 4.69) is 17.6 Å². The minimum atomic E-state index is 0.0783. The van der Waals surface area contributed by atoms with Gasteiger partial charge < -0.3 is 15.2 Å². The predicted octanol–water partition coefficient (Wildman–Crippen LogP) is 4.41. The predicted molar refractivity (Wildman–Crippen MR) is 88.4 cm³/mol. The van der Waals surface area contributed by atoms with Crippen LogP contribution in [0.5, 0.6) is 11.5 Å². The zero-order valence-corrected chi connectivity index (χ0v) is 12.8. The molecule has 2 aromatic carbocycles. The van der Waals surface area contributed by atoms with E-state index in [1.165, 1.54) is 6.07 Å². The fourth-order valence-corrected chi connectivity index (χ4v) is 2.91. The fraction of sp³-hybridized carbons (Fsp3) is 0.176. The molecule has 0 saturated carbocycles. The first-order valence-corrected chi connectivity index (χ1v) is 7.32. The van der Waals surface area contributed by atoms with Gasteiger partial charge in [0.15, 0.2) is 0 Å². The van der Waals surface area contributed by atoms with Crippen molar-refractivity contribution in [1.29, 1.82) is 0 Å². The minimum absolute atomic E-state index is 0.0783. The number of rotatable bonds is 2. The highest BCUT2D eigenvalue weighted by Crippen LogP contribution is 2.40. The van der Waals surface area contributed by atoms with Crippen molar-refractivity contribution >= 4 is 23.5 Å². The summed E-state index contributed by atoms with van der Waals surface area (Å²) in [6.07, 6.45) is 2.59. The van der Waals surface area contributed by atoms with Crippen molar-refractivity contribution in [1.82, 2.24) is 4.98 Å². The molecule has 0 aliphatic rings. The molecule has 0 amide bonds. The Morgan fingerprint density at radius 1 is 1.10 bits per heavy atom. The SMILES string of the molecule is CCc1cc(-c2c[nH]c3ccc(S)c(C)c23)c(O)cc1O. The van der Waals surface area contributed by atoms with Crippen LogP contribution in [0.2, 0.25) is 0 Å². The van der Waals surface area contributed by atoms with Crippen molar-refractivity contribution in [2.24, 2.45) is 0 Å². The van der Waals surface area contributed by atoms with Crippen LogP contribution in [-0.2, 0) is 6.42 Å². The van der Waals surface area contributed by atoms with Crippen LogP contribution in [0.3, 0.4) is 0 Å². The van der Waals surface area contributed by atoms with Crippen LogP contribution in [0.25, 0.3) is 22.0 Å². The average Bonchev–Trinajstić information content (AvgIpc) is 2.88. The van der Waals surface area contributed by atoms with Gasteiger partial charge in [-0.1, -0.05) is 6.92 Å². The van der Waals surface area contributed by atoms with Gasteiger partial charge >= 0.3 is 0 Å². The number of aromatic hydroxyl groups is 2. The molecule has 0 aliphatic carbocycles. The molecule has 3 rings (SSSR count). The second-order valence-electron chi connectivity index (χ2n) is 5.19. The van der Waals surface area contributed by atoms with Crippen molar-refractivity contribution in [3.63, 3.8) is 0 Å². The molecule has 3 N–H and O–H groups in total. The molecule has 0 radical (unpaired) electrons. The van der Waals surface area contributed by atoms with E-state index in [1.807, 2.05) is 38.2 Å². The second kappa shape index (κ2) is 5.04. The van der Waals surface area contributed by atoms with Crippen LogP contribution in [0.1, 0.15) is 18.1 Å². The molecule has 3 aromatic rings. The Morgan fingerprint density at radius 3 is 2.57 bits per heavy atom. The molecule has 0 bridgehead atoms. The summed E-state index contributed by atoms with van der Waals surface area (Å²) in [6, 6.07) is 7.19. The molecule has 3 nitrogen and oxygen atoms in total. The Hall–Kier alpha value is -2.07. The van der Waals surface area contributed by atoms with Gasteiger partial charge in [0, 0.05) is 39.2 Å². The maximum atomic E-state index is 10.2. The Morgan fingerprint density at radius 2 is 1.86 bits per heavy atom.